The van der Waals surface area contributed by atoms with Gasteiger partial charge in [0.05, 0.1) is 35.9 Å². The third kappa shape index (κ3) is 6.77. The molecule has 2 aliphatic rings. The van der Waals surface area contributed by atoms with E-state index in [0.29, 0.717) is 55.3 Å². The molecule has 6 rings (SSSR count). The molecule has 240 valence electrons. The number of carbonyl (C=O) groups is 1. The first kappa shape index (κ1) is 31.3. The quantitative estimate of drug-likeness (QED) is 0.176. The van der Waals surface area contributed by atoms with Crippen molar-refractivity contribution in [1.82, 2.24) is 19.4 Å². The van der Waals surface area contributed by atoms with E-state index in [0.717, 1.165) is 24.6 Å². The van der Waals surface area contributed by atoms with Crippen LogP contribution in [0.1, 0.15) is 64.6 Å². The van der Waals surface area contributed by atoms with Crippen LogP contribution >= 0.6 is 0 Å². The lowest BCUT2D eigenvalue weighted by atomic mass is 9.93. The molecular formula is C33H31F4N5O4. The Bertz CT molecular complexity index is 1790. The maximum Gasteiger partial charge on any atom is 0.387 e. The summed E-state index contributed by atoms with van der Waals surface area (Å²) < 4.78 is 67.0. The summed E-state index contributed by atoms with van der Waals surface area (Å²) in [5, 5.41) is 18.6. The van der Waals surface area contributed by atoms with Gasteiger partial charge in [0.2, 0.25) is 5.88 Å². The molecule has 0 unspecified atom stereocenters. The Hall–Kier alpha value is -4.70. The molecular weight excluding hydrogens is 606 g/mol. The second-order valence-electron chi connectivity index (χ2n) is 11.9. The second kappa shape index (κ2) is 13.0. The van der Waals surface area contributed by atoms with Crippen LogP contribution in [0.4, 0.5) is 17.6 Å². The number of carboxylic acid groups (broad SMARTS) is 1. The van der Waals surface area contributed by atoms with Gasteiger partial charge in [0.1, 0.15) is 23.8 Å². The van der Waals surface area contributed by atoms with Crippen molar-refractivity contribution in [2.45, 2.75) is 57.9 Å². The number of pyridine rings is 1. The zero-order chi connectivity index (χ0) is 32.4. The van der Waals surface area contributed by atoms with Crippen LogP contribution in [-0.4, -0.2) is 56.9 Å². The highest BCUT2D eigenvalue weighted by Gasteiger charge is 2.44. The highest BCUT2D eigenvalue weighted by molar-refractivity contribution is 5.95. The van der Waals surface area contributed by atoms with Crippen molar-refractivity contribution < 1.29 is 36.9 Å². The number of rotatable bonds is 12. The first-order chi connectivity index (χ1) is 22.2. The first-order valence-electron chi connectivity index (χ1n) is 14.9. The fourth-order valence-electron chi connectivity index (χ4n) is 5.90. The van der Waals surface area contributed by atoms with E-state index >= 15 is 0 Å². The van der Waals surface area contributed by atoms with E-state index in [4.69, 9.17) is 10.00 Å². The number of likely N-dealkylation sites (tertiary alicyclic amines) is 1. The number of benzene rings is 2. The molecule has 0 radical (unpaired) electrons. The Labute approximate surface area is 262 Å². The molecule has 2 aromatic carbocycles. The lowest BCUT2D eigenvalue weighted by molar-refractivity contribution is -0.0489. The minimum absolute atomic E-state index is 0.0326. The van der Waals surface area contributed by atoms with Gasteiger partial charge >= 0.3 is 12.6 Å². The van der Waals surface area contributed by atoms with Gasteiger partial charge < -0.3 is 19.1 Å². The summed E-state index contributed by atoms with van der Waals surface area (Å²) in [5.74, 6) is -1.12. The van der Waals surface area contributed by atoms with Crippen LogP contribution in [0.5, 0.6) is 11.6 Å². The number of hydrogen-bond donors (Lipinski definition) is 1. The molecule has 0 amide bonds. The predicted molar refractivity (Wildman–Crippen MR) is 158 cm³/mol. The van der Waals surface area contributed by atoms with E-state index in [-0.39, 0.29) is 41.5 Å². The maximum absolute atomic E-state index is 14.3. The molecule has 46 heavy (non-hydrogen) atoms. The van der Waals surface area contributed by atoms with Crippen LogP contribution in [-0.2, 0) is 19.7 Å². The summed E-state index contributed by atoms with van der Waals surface area (Å²) in [7, 11) is 0. The lowest BCUT2D eigenvalue weighted by Gasteiger charge is -2.31. The van der Waals surface area contributed by atoms with E-state index in [1.54, 1.807) is 10.6 Å². The van der Waals surface area contributed by atoms with Crippen LogP contribution in [0.2, 0.25) is 0 Å². The van der Waals surface area contributed by atoms with Crippen molar-refractivity contribution in [3.8, 4) is 17.7 Å². The van der Waals surface area contributed by atoms with E-state index in [1.807, 2.05) is 18.2 Å². The summed E-state index contributed by atoms with van der Waals surface area (Å²) in [6.07, 6.45) is 2.87. The van der Waals surface area contributed by atoms with Crippen molar-refractivity contribution in [2.75, 3.05) is 19.8 Å². The minimum Gasteiger partial charge on any atom is -0.478 e. The van der Waals surface area contributed by atoms with Crippen LogP contribution in [0.3, 0.4) is 0 Å². The molecule has 2 fully saturated rings. The molecule has 1 aliphatic carbocycles. The molecule has 0 bridgehead atoms. The predicted octanol–water partition coefficient (Wildman–Crippen LogP) is 6.45. The van der Waals surface area contributed by atoms with Crippen molar-refractivity contribution >= 4 is 17.0 Å². The maximum atomic E-state index is 14.3. The molecule has 0 spiro atoms. The zero-order valence-corrected chi connectivity index (χ0v) is 24.8. The Kier molecular flexibility index (Phi) is 8.82. The molecule has 1 saturated carbocycles. The van der Waals surface area contributed by atoms with Gasteiger partial charge in [-0.25, -0.2) is 19.2 Å². The average Bonchev–Trinajstić information content (AvgIpc) is 3.75. The molecule has 0 atom stereocenters. The smallest absolute Gasteiger partial charge is 0.387 e. The van der Waals surface area contributed by atoms with Gasteiger partial charge in [-0.3, -0.25) is 9.29 Å². The Morgan fingerprint density at radius 3 is 2.57 bits per heavy atom. The van der Waals surface area contributed by atoms with Crippen molar-refractivity contribution in [1.29, 1.82) is 5.26 Å². The number of aromatic nitrogens is 3. The van der Waals surface area contributed by atoms with E-state index < -0.39 is 30.5 Å². The average molecular weight is 638 g/mol. The summed E-state index contributed by atoms with van der Waals surface area (Å²) >= 11 is 0. The monoisotopic (exact) mass is 637 g/mol. The van der Waals surface area contributed by atoms with Gasteiger partial charge in [0, 0.05) is 35.2 Å². The normalized spacial score (nSPS) is 16.4. The van der Waals surface area contributed by atoms with Gasteiger partial charge in [-0.1, -0.05) is 12.1 Å². The number of imidazole rings is 1. The minimum atomic E-state index is -3.17. The van der Waals surface area contributed by atoms with Crippen LogP contribution in [0.15, 0.2) is 48.5 Å². The first-order valence-corrected chi connectivity index (χ1v) is 14.9. The Morgan fingerprint density at radius 2 is 1.91 bits per heavy atom. The zero-order valence-electron chi connectivity index (χ0n) is 24.8. The number of carboxylic acids is 1. The number of halogens is 4. The van der Waals surface area contributed by atoms with Crippen molar-refractivity contribution in [3.63, 3.8) is 0 Å². The molecule has 3 heterocycles. The number of fused-ring (bicyclic) bond motifs is 1. The van der Waals surface area contributed by atoms with E-state index in [2.05, 4.69) is 19.6 Å². The number of aromatic carboxylic acids is 1. The number of ether oxygens (including phenoxy) is 2. The topological polar surface area (TPSA) is 113 Å². The van der Waals surface area contributed by atoms with Crippen LogP contribution < -0.4 is 9.47 Å². The summed E-state index contributed by atoms with van der Waals surface area (Å²) in [5.41, 5.74) is 1.03. The molecule has 1 aliphatic heterocycles. The molecule has 2 aromatic heterocycles. The second-order valence-corrected chi connectivity index (χ2v) is 11.9. The summed E-state index contributed by atoms with van der Waals surface area (Å²) in [6, 6.07) is 14.0. The van der Waals surface area contributed by atoms with E-state index in [9.17, 15) is 27.5 Å². The molecule has 1 saturated heterocycles. The van der Waals surface area contributed by atoms with Gasteiger partial charge in [-0.2, -0.15) is 14.0 Å². The molecule has 13 heteroatoms. The standard InChI is InChI=1S/C33H31F4N5O4/c34-18-33(8-9-33)19-42-26-13-23(31(43)44)14-27(46-32(36)37)30(26)40-28(42)16-41-10-6-21(7-11-41)25-2-1-3-29(39-25)45-17-22-5-4-20(15-38)12-24(22)35/h1-5,12-14,21,32H,6-11,16-19H2,(H,43,44). The van der Waals surface area contributed by atoms with Gasteiger partial charge in [0.25, 0.3) is 0 Å². The van der Waals surface area contributed by atoms with Crippen LogP contribution in [0, 0.1) is 22.6 Å². The number of hydrogen-bond acceptors (Lipinski definition) is 7. The molecule has 4 aromatic rings. The SMILES string of the molecule is N#Cc1ccc(COc2cccc(C3CCN(Cc4nc5c(OC(F)F)cc(C(=O)O)cc5n4CC4(CF)CC4)CC3)n2)c(F)c1. The largest absolute Gasteiger partial charge is 0.478 e. The van der Waals surface area contributed by atoms with Crippen molar-refractivity contribution in [2.24, 2.45) is 5.41 Å². The highest BCUT2D eigenvalue weighted by atomic mass is 19.3. The van der Waals surface area contributed by atoms with Gasteiger partial charge in [0.15, 0.2) is 5.75 Å². The number of piperidine rings is 1. The summed E-state index contributed by atoms with van der Waals surface area (Å²) in [6.45, 7) is -1.79. The fraction of sp³-hybridized carbons (Fsp3) is 0.394. The Balaban J connectivity index is 1.17. The summed E-state index contributed by atoms with van der Waals surface area (Å²) in [4.78, 5) is 23.2. The molecule has 9 nitrogen and oxygen atoms in total. The third-order valence-corrected chi connectivity index (χ3v) is 8.77. The van der Waals surface area contributed by atoms with Crippen LogP contribution in [0.25, 0.3) is 11.0 Å². The molecule has 1 N–H and O–H groups in total. The Morgan fingerprint density at radius 1 is 1.13 bits per heavy atom. The van der Waals surface area contributed by atoms with E-state index in [1.165, 1.54) is 24.3 Å². The third-order valence-electron chi connectivity index (χ3n) is 8.77. The van der Waals surface area contributed by atoms with Crippen molar-refractivity contribution in [3.05, 3.63) is 82.6 Å². The number of nitrogens with zero attached hydrogens (tertiary/aromatic N) is 5. The highest BCUT2D eigenvalue weighted by Crippen LogP contribution is 2.48. The lowest BCUT2D eigenvalue weighted by Crippen LogP contribution is -2.34. The van der Waals surface area contributed by atoms with Gasteiger partial charge in [-0.15, -0.1) is 0 Å². The van der Waals surface area contributed by atoms with Gasteiger partial charge in [-0.05, 0) is 69.1 Å². The number of alkyl halides is 3. The number of nitriles is 1. The fourth-order valence-corrected chi connectivity index (χ4v) is 5.90.